The molecule has 1 fully saturated rings. The number of amides is 1. The maximum Gasteiger partial charge on any atom is 0.233 e. The van der Waals surface area contributed by atoms with E-state index >= 15 is 0 Å². The quantitative estimate of drug-likeness (QED) is 0.641. The van der Waals surface area contributed by atoms with Gasteiger partial charge in [-0.25, -0.2) is 0 Å². The standard InChI is InChI=1S/C12H24N2O2/c1-2-7-14-12(15)10-13-8-6-11-5-3-4-9-16-11/h11,13H,2-10H2,1H3,(H,14,15). The van der Waals surface area contributed by atoms with E-state index in [4.69, 9.17) is 4.74 Å². The third kappa shape index (κ3) is 6.08. The Kier molecular flexibility index (Phi) is 7.17. The van der Waals surface area contributed by atoms with Gasteiger partial charge in [-0.2, -0.15) is 0 Å². The first-order valence-corrected chi connectivity index (χ1v) is 6.42. The Balaban J connectivity index is 1.92. The Bertz CT molecular complexity index is 191. The molecule has 1 saturated heterocycles. The van der Waals surface area contributed by atoms with Crippen LogP contribution < -0.4 is 10.6 Å². The lowest BCUT2D eigenvalue weighted by Crippen LogP contribution is -2.35. The number of rotatable bonds is 7. The fraction of sp³-hybridized carbons (Fsp3) is 0.917. The van der Waals surface area contributed by atoms with Crippen molar-refractivity contribution in [2.24, 2.45) is 0 Å². The highest BCUT2D eigenvalue weighted by molar-refractivity contribution is 5.77. The van der Waals surface area contributed by atoms with Gasteiger partial charge in [0.15, 0.2) is 0 Å². The zero-order valence-corrected chi connectivity index (χ0v) is 10.3. The third-order valence-corrected chi connectivity index (χ3v) is 2.77. The summed E-state index contributed by atoms with van der Waals surface area (Å²) in [6.07, 6.45) is 6.05. The summed E-state index contributed by atoms with van der Waals surface area (Å²) in [5.41, 5.74) is 0. The number of hydrogen-bond acceptors (Lipinski definition) is 3. The Morgan fingerprint density at radius 2 is 2.25 bits per heavy atom. The number of carbonyl (C=O) groups excluding carboxylic acids is 1. The molecule has 0 saturated carbocycles. The number of ether oxygens (including phenoxy) is 1. The fourth-order valence-electron chi connectivity index (χ4n) is 1.83. The highest BCUT2D eigenvalue weighted by Gasteiger charge is 2.12. The van der Waals surface area contributed by atoms with E-state index < -0.39 is 0 Å². The summed E-state index contributed by atoms with van der Waals surface area (Å²) in [7, 11) is 0. The average Bonchev–Trinajstić information content (AvgIpc) is 2.33. The lowest BCUT2D eigenvalue weighted by Gasteiger charge is -2.22. The van der Waals surface area contributed by atoms with Crippen LogP contribution >= 0.6 is 0 Å². The molecular formula is C12H24N2O2. The smallest absolute Gasteiger partial charge is 0.233 e. The van der Waals surface area contributed by atoms with Crippen molar-refractivity contribution in [1.82, 2.24) is 10.6 Å². The minimum Gasteiger partial charge on any atom is -0.378 e. The molecule has 4 heteroatoms. The van der Waals surface area contributed by atoms with Crippen molar-refractivity contribution in [3.8, 4) is 0 Å². The van der Waals surface area contributed by atoms with Crippen LogP contribution in [0.2, 0.25) is 0 Å². The van der Waals surface area contributed by atoms with Crippen LogP contribution in [0.15, 0.2) is 0 Å². The van der Waals surface area contributed by atoms with Crippen LogP contribution in [-0.2, 0) is 9.53 Å². The molecule has 1 rings (SSSR count). The van der Waals surface area contributed by atoms with Crippen molar-refractivity contribution in [3.63, 3.8) is 0 Å². The first-order valence-electron chi connectivity index (χ1n) is 6.42. The normalized spacial score (nSPS) is 20.7. The van der Waals surface area contributed by atoms with E-state index in [1.54, 1.807) is 0 Å². The van der Waals surface area contributed by atoms with Crippen LogP contribution in [0, 0.1) is 0 Å². The second-order valence-corrected chi connectivity index (χ2v) is 4.30. The van der Waals surface area contributed by atoms with Crippen molar-refractivity contribution >= 4 is 5.91 Å². The van der Waals surface area contributed by atoms with Gasteiger partial charge in [-0.1, -0.05) is 6.92 Å². The van der Waals surface area contributed by atoms with E-state index in [1.165, 1.54) is 19.3 Å². The summed E-state index contributed by atoms with van der Waals surface area (Å²) < 4.78 is 5.61. The molecule has 1 heterocycles. The monoisotopic (exact) mass is 228 g/mol. The Hall–Kier alpha value is -0.610. The van der Waals surface area contributed by atoms with E-state index in [0.29, 0.717) is 12.6 Å². The van der Waals surface area contributed by atoms with Crippen LogP contribution in [0.25, 0.3) is 0 Å². The van der Waals surface area contributed by atoms with Gasteiger partial charge in [-0.3, -0.25) is 4.79 Å². The van der Waals surface area contributed by atoms with Crippen LogP contribution in [0.1, 0.15) is 39.0 Å². The molecule has 0 bridgehead atoms. The highest BCUT2D eigenvalue weighted by Crippen LogP contribution is 2.14. The zero-order valence-electron chi connectivity index (χ0n) is 10.3. The van der Waals surface area contributed by atoms with Crippen molar-refractivity contribution in [2.45, 2.75) is 45.1 Å². The van der Waals surface area contributed by atoms with Crippen LogP contribution in [0.4, 0.5) is 0 Å². The molecule has 0 aromatic rings. The second kappa shape index (κ2) is 8.53. The lowest BCUT2D eigenvalue weighted by molar-refractivity contribution is -0.120. The van der Waals surface area contributed by atoms with Crippen molar-refractivity contribution < 1.29 is 9.53 Å². The summed E-state index contributed by atoms with van der Waals surface area (Å²) in [5.74, 6) is 0.0893. The van der Waals surface area contributed by atoms with E-state index in [9.17, 15) is 4.79 Å². The molecule has 4 nitrogen and oxygen atoms in total. The lowest BCUT2D eigenvalue weighted by atomic mass is 10.1. The van der Waals surface area contributed by atoms with Gasteiger partial charge in [0.1, 0.15) is 0 Å². The molecular weight excluding hydrogens is 204 g/mol. The molecule has 1 aliphatic rings. The molecule has 1 aliphatic heterocycles. The minimum atomic E-state index is 0.0893. The maximum atomic E-state index is 11.2. The summed E-state index contributed by atoms with van der Waals surface area (Å²) in [6, 6.07) is 0. The molecule has 0 aromatic heterocycles. The molecule has 0 radical (unpaired) electrons. The number of nitrogens with one attached hydrogen (secondary N) is 2. The van der Waals surface area contributed by atoms with Gasteiger partial charge >= 0.3 is 0 Å². The Morgan fingerprint density at radius 3 is 2.94 bits per heavy atom. The van der Waals surface area contributed by atoms with Crippen molar-refractivity contribution in [1.29, 1.82) is 0 Å². The first kappa shape index (κ1) is 13.5. The SMILES string of the molecule is CCCNC(=O)CNCCC1CCCCO1. The van der Waals surface area contributed by atoms with Gasteiger partial charge in [-0.05, 0) is 38.6 Å². The third-order valence-electron chi connectivity index (χ3n) is 2.77. The predicted molar refractivity (Wildman–Crippen MR) is 64.4 cm³/mol. The van der Waals surface area contributed by atoms with Crippen LogP contribution in [-0.4, -0.2) is 38.3 Å². The molecule has 2 N–H and O–H groups in total. The molecule has 1 unspecified atom stereocenters. The minimum absolute atomic E-state index is 0.0893. The van der Waals surface area contributed by atoms with E-state index in [0.717, 1.165) is 32.5 Å². The topological polar surface area (TPSA) is 50.4 Å². The van der Waals surface area contributed by atoms with Gasteiger partial charge in [0.25, 0.3) is 0 Å². The van der Waals surface area contributed by atoms with Gasteiger partial charge in [-0.15, -0.1) is 0 Å². The van der Waals surface area contributed by atoms with E-state index in [-0.39, 0.29) is 5.91 Å². The van der Waals surface area contributed by atoms with Gasteiger partial charge < -0.3 is 15.4 Å². The van der Waals surface area contributed by atoms with Crippen LogP contribution in [0.3, 0.4) is 0 Å². The van der Waals surface area contributed by atoms with Crippen molar-refractivity contribution in [2.75, 3.05) is 26.2 Å². The van der Waals surface area contributed by atoms with Gasteiger partial charge in [0.2, 0.25) is 5.91 Å². The maximum absolute atomic E-state index is 11.2. The summed E-state index contributed by atoms with van der Waals surface area (Å²) >= 11 is 0. The second-order valence-electron chi connectivity index (χ2n) is 4.30. The molecule has 0 aromatic carbocycles. The number of hydrogen-bond donors (Lipinski definition) is 2. The summed E-state index contributed by atoms with van der Waals surface area (Å²) in [6.45, 7) is 5.01. The van der Waals surface area contributed by atoms with Crippen LogP contribution in [0.5, 0.6) is 0 Å². The summed E-state index contributed by atoms with van der Waals surface area (Å²) in [4.78, 5) is 11.2. The fourth-order valence-corrected chi connectivity index (χ4v) is 1.83. The van der Waals surface area contributed by atoms with E-state index in [1.807, 2.05) is 6.92 Å². The van der Waals surface area contributed by atoms with Crippen molar-refractivity contribution in [3.05, 3.63) is 0 Å². The highest BCUT2D eigenvalue weighted by atomic mass is 16.5. The molecule has 16 heavy (non-hydrogen) atoms. The first-order chi connectivity index (χ1) is 7.83. The molecule has 94 valence electrons. The van der Waals surface area contributed by atoms with Gasteiger partial charge in [0.05, 0.1) is 12.6 Å². The average molecular weight is 228 g/mol. The summed E-state index contributed by atoms with van der Waals surface area (Å²) in [5, 5.41) is 5.99. The Labute approximate surface area is 98.1 Å². The zero-order chi connectivity index (χ0) is 11.6. The molecule has 1 atom stereocenters. The number of carbonyl (C=O) groups is 1. The molecule has 0 spiro atoms. The Morgan fingerprint density at radius 1 is 1.38 bits per heavy atom. The predicted octanol–water partition coefficient (Wildman–Crippen LogP) is 1.06. The van der Waals surface area contributed by atoms with E-state index in [2.05, 4.69) is 10.6 Å². The van der Waals surface area contributed by atoms with Gasteiger partial charge in [0, 0.05) is 13.2 Å². The molecule has 0 aliphatic carbocycles. The molecule has 1 amide bonds. The largest absolute Gasteiger partial charge is 0.378 e.